The quantitative estimate of drug-likeness (QED) is 0.542. The van der Waals surface area contributed by atoms with Crippen LogP contribution in [0, 0.1) is 0 Å². The Balaban J connectivity index is 1.85. The van der Waals surface area contributed by atoms with Crippen molar-refractivity contribution < 1.29 is 38.0 Å². The third-order valence-corrected chi connectivity index (χ3v) is 12.1. The van der Waals surface area contributed by atoms with Crippen LogP contribution in [0.3, 0.4) is 0 Å². The Morgan fingerprint density at radius 3 is 2.06 bits per heavy atom. The second-order valence-electron chi connectivity index (χ2n) is 10.9. The third kappa shape index (κ3) is 5.43. The van der Waals surface area contributed by atoms with E-state index in [4.69, 9.17) is 32.8 Å². The molecule has 1 aromatic rings. The van der Waals surface area contributed by atoms with Gasteiger partial charge >= 0.3 is 0 Å². The summed E-state index contributed by atoms with van der Waals surface area (Å²) in [5.74, 6) is -2.48. The molecule has 0 unspecified atom stereocenters. The summed E-state index contributed by atoms with van der Waals surface area (Å²) in [6.45, 7) is 15.0. The monoisotopic (exact) mass is 498 g/mol. The maximum Gasteiger partial charge on any atom is 0.220 e. The van der Waals surface area contributed by atoms with E-state index in [2.05, 4.69) is 33.9 Å². The third-order valence-electron chi connectivity index (χ3n) is 7.61. The van der Waals surface area contributed by atoms with Gasteiger partial charge in [0.05, 0.1) is 13.2 Å². The first-order valence-electron chi connectivity index (χ1n) is 11.9. The molecular formula is C25H42O8Si. The van der Waals surface area contributed by atoms with E-state index in [9.17, 15) is 5.11 Å². The molecule has 7 atom stereocenters. The molecule has 0 saturated carbocycles. The van der Waals surface area contributed by atoms with E-state index in [1.54, 1.807) is 13.8 Å². The van der Waals surface area contributed by atoms with Crippen LogP contribution in [-0.2, 0) is 39.5 Å². The average Bonchev–Trinajstić information content (AvgIpc) is 2.79. The van der Waals surface area contributed by atoms with Crippen molar-refractivity contribution in [3.63, 3.8) is 0 Å². The van der Waals surface area contributed by atoms with Crippen LogP contribution >= 0.6 is 0 Å². The summed E-state index contributed by atoms with van der Waals surface area (Å²) in [5.41, 5.74) is 0.976. The van der Waals surface area contributed by atoms with Gasteiger partial charge < -0.3 is 38.0 Å². The molecule has 0 amide bonds. The summed E-state index contributed by atoms with van der Waals surface area (Å²) in [5, 5.41) is 11.2. The number of methoxy groups -OCH3 is 2. The second-order valence-corrected chi connectivity index (χ2v) is 15.7. The Morgan fingerprint density at radius 1 is 0.971 bits per heavy atom. The lowest BCUT2D eigenvalue weighted by molar-refractivity contribution is -0.480. The van der Waals surface area contributed by atoms with Crippen LogP contribution in [0.15, 0.2) is 30.3 Å². The topological polar surface area (TPSA) is 84.8 Å². The zero-order valence-electron chi connectivity index (χ0n) is 22.0. The molecule has 194 valence electrons. The fraction of sp³-hybridized carbons (Fsp3) is 0.760. The van der Waals surface area contributed by atoms with Crippen LogP contribution < -0.4 is 0 Å². The largest absolute Gasteiger partial charge is 0.414 e. The molecule has 0 bridgehead atoms. The predicted octanol–water partition coefficient (Wildman–Crippen LogP) is 3.82. The van der Waals surface area contributed by atoms with Crippen molar-refractivity contribution in [3.8, 4) is 0 Å². The zero-order valence-corrected chi connectivity index (χ0v) is 23.0. The van der Waals surface area contributed by atoms with Crippen molar-refractivity contribution in [2.75, 3.05) is 20.8 Å². The van der Waals surface area contributed by atoms with Crippen molar-refractivity contribution in [1.29, 1.82) is 0 Å². The maximum absolute atomic E-state index is 11.2. The normalized spacial score (nSPS) is 36.8. The van der Waals surface area contributed by atoms with Crippen LogP contribution in [0.25, 0.3) is 0 Å². The molecule has 34 heavy (non-hydrogen) atoms. The first kappa shape index (κ1) is 27.7. The lowest BCUT2D eigenvalue weighted by Crippen LogP contribution is -2.73. The minimum absolute atomic E-state index is 0.0311. The van der Waals surface area contributed by atoms with Gasteiger partial charge in [-0.1, -0.05) is 51.1 Å². The van der Waals surface area contributed by atoms with Crippen molar-refractivity contribution in [2.45, 2.75) is 102 Å². The second kappa shape index (κ2) is 10.2. The van der Waals surface area contributed by atoms with Crippen LogP contribution in [0.4, 0.5) is 0 Å². The van der Waals surface area contributed by atoms with Crippen LogP contribution in [-0.4, -0.2) is 76.5 Å². The molecule has 0 aliphatic carbocycles. The number of ether oxygens (including phenoxy) is 6. The Labute approximate surface area is 204 Å². The lowest BCUT2D eigenvalue weighted by atomic mass is 9.94. The molecule has 2 fully saturated rings. The number of aliphatic hydroxyl groups is 1. The van der Waals surface area contributed by atoms with Gasteiger partial charge in [0.1, 0.15) is 24.4 Å². The molecule has 2 aliphatic rings. The van der Waals surface area contributed by atoms with Crippen molar-refractivity contribution >= 4 is 8.32 Å². The van der Waals surface area contributed by atoms with Crippen molar-refractivity contribution in [3.05, 3.63) is 35.9 Å². The van der Waals surface area contributed by atoms with E-state index >= 15 is 0 Å². The van der Waals surface area contributed by atoms with Gasteiger partial charge in [0.2, 0.25) is 11.6 Å². The van der Waals surface area contributed by atoms with Gasteiger partial charge in [0.25, 0.3) is 0 Å². The highest BCUT2D eigenvalue weighted by Crippen LogP contribution is 2.44. The van der Waals surface area contributed by atoms with E-state index in [0.717, 1.165) is 5.56 Å². The summed E-state index contributed by atoms with van der Waals surface area (Å²) >= 11 is 0. The number of hydrogen-bond acceptors (Lipinski definition) is 8. The minimum Gasteiger partial charge on any atom is -0.414 e. The Morgan fingerprint density at radius 2 is 1.53 bits per heavy atom. The SMILES string of the molecule is CO[C@@]1(C)O[C@@H]2[C@H](O)[C@@H](OCc3ccccc3)O[C@H](CO[Si](C)(C)C(C)(C)C)[C@H]2O[C@]1(C)OC. The molecule has 1 N–H and O–H groups in total. The highest BCUT2D eigenvalue weighted by molar-refractivity contribution is 6.74. The van der Waals surface area contributed by atoms with Gasteiger partial charge in [0, 0.05) is 14.2 Å². The Bertz CT molecular complexity index is 800. The molecule has 8 nitrogen and oxygen atoms in total. The minimum atomic E-state index is -2.07. The van der Waals surface area contributed by atoms with Crippen molar-refractivity contribution in [1.82, 2.24) is 0 Å². The first-order valence-corrected chi connectivity index (χ1v) is 14.8. The molecule has 2 aliphatic heterocycles. The summed E-state index contributed by atoms with van der Waals surface area (Å²) in [6.07, 6.45) is -3.99. The fourth-order valence-corrected chi connectivity index (χ4v) is 4.92. The summed E-state index contributed by atoms with van der Waals surface area (Å²) < 4.78 is 42.8. The van der Waals surface area contributed by atoms with Gasteiger partial charge in [0.15, 0.2) is 14.6 Å². The van der Waals surface area contributed by atoms with Gasteiger partial charge in [-0.2, -0.15) is 0 Å². The predicted molar refractivity (Wildman–Crippen MR) is 130 cm³/mol. The molecule has 3 rings (SSSR count). The highest BCUT2D eigenvalue weighted by atomic mass is 28.4. The van der Waals surface area contributed by atoms with E-state index in [1.165, 1.54) is 14.2 Å². The van der Waals surface area contributed by atoms with E-state index < -0.39 is 50.6 Å². The number of aliphatic hydroxyl groups excluding tert-OH is 1. The first-order chi connectivity index (χ1) is 15.8. The van der Waals surface area contributed by atoms with E-state index in [-0.39, 0.29) is 18.3 Å². The number of fused-ring (bicyclic) bond motifs is 1. The maximum atomic E-state index is 11.2. The average molecular weight is 499 g/mol. The molecular weight excluding hydrogens is 456 g/mol. The standard InChI is InChI=1S/C25H42O8Si/c1-23(2,3)34(8,9)30-16-18-20-21(33-25(5,28-7)24(4,27-6)32-20)19(26)22(31-18)29-15-17-13-11-10-12-14-17/h10-14,18-22,26H,15-16H2,1-9H3/t18-,19+,20-,21-,22+,24+,25+/m1/s1. The number of rotatable bonds is 8. The van der Waals surface area contributed by atoms with Gasteiger partial charge in [-0.05, 0) is 37.5 Å². The van der Waals surface area contributed by atoms with Crippen LogP contribution in [0.2, 0.25) is 18.1 Å². The molecule has 2 saturated heterocycles. The van der Waals surface area contributed by atoms with Crippen LogP contribution in [0.1, 0.15) is 40.2 Å². The molecule has 9 heteroatoms. The summed E-state index contributed by atoms with van der Waals surface area (Å²) in [7, 11) is 0.987. The lowest BCUT2D eigenvalue weighted by Gasteiger charge is -2.56. The van der Waals surface area contributed by atoms with Gasteiger partial charge in [-0.25, -0.2) is 0 Å². The van der Waals surface area contributed by atoms with Crippen molar-refractivity contribution in [2.24, 2.45) is 0 Å². The summed E-state index contributed by atoms with van der Waals surface area (Å²) in [6, 6.07) is 9.75. The Hall–Kier alpha value is -0.883. The number of hydrogen-bond donors (Lipinski definition) is 1. The van der Waals surface area contributed by atoms with E-state index in [0.29, 0.717) is 0 Å². The highest BCUT2D eigenvalue weighted by Gasteiger charge is 2.62. The van der Waals surface area contributed by atoms with E-state index in [1.807, 2.05) is 30.3 Å². The smallest absolute Gasteiger partial charge is 0.220 e. The molecule has 0 radical (unpaired) electrons. The fourth-order valence-electron chi connectivity index (χ4n) is 3.90. The Kier molecular flexibility index (Phi) is 8.34. The van der Waals surface area contributed by atoms with Crippen LogP contribution in [0.5, 0.6) is 0 Å². The van der Waals surface area contributed by atoms with Gasteiger partial charge in [-0.3, -0.25) is 0 Å². The summed E-state index contributed by atoms with van der Waals surface area (Å²) in [4.78, 5) is 0. The zero-order chi connectivity index (χ0) is 25.4. The van der Waals surface area contributed by atoms with Gasteiger partial charge in [-0.15, -0.1) is 0 Å². The molecule has 0 aromatic heterocycles. The number of benzene rings is 1. The molecule has 0 spiro atoms. The molecule has 2 heterocycles. The molecule has 1 aromatic carbocycles.